The topological polar surface area (TPSA) is 54.9 Å². The van der Waals surface area contributed by atoms with Gasteiger partial charge in [0.2, 0.25) is 5.91 Å². The molecular weight excluding hydrogens is 250 g/mol. The highest BCUT2D eigenvalue weighted by atomic mass is 35.5. The number of hydrogen-bond acceptors (Lipinski definition) is 3. The monoisotopic (exact) mass is 267 g/mol. The lowest BCUT2D eigenvalue weighted by atomic mass is 9.96. The van der Waals surface area contributed by atoms with Gasteiger partial charge in [0.15, 0.2) is 11.0 Å². The first-order valence-corrected chi connectivity index (χ1v) is 6.90. The van der Waals surface area contributed by atoms with Crippen molar-refractivity contribution in [3.8, 4) is 0 Å². The number of aromatic nitrogens is 2. The van der Waals surface area contributed by atoms with Crippen LogP contribution in [-0.4, -0.2) is 15.9 Å². The summed E-state index contributed by atoms with van der Waals surface area (Å²) in [6, 6.07) is 0. The van der Waals surface area contributed by atoms with Gasteiger partial charge in [0.1, 0.15) is 0 Å². The van der Waals surface area contributed by atoms with Gasteiger partial charge in [-0.3, -0.25) is 4.79 Å². The zero-order valence-electron chi connectivity index (χ0n) is 10.4. The first-order valence-electron chi connectivity index (χ1n) is 6.52. The molecule has 18 heavy (non-hydrogen) atoms. The van der Waals surface area contributed by atoms with Gasteiger partial charge in [-0.15, -0.1) is 0 Å². The molecule has 2 rings (SSSR count). The normalized spacial score (nSPS) is 17.2. The van der Waals surface area contributed by atoms with Crippen LogP contribution in [-0.2, 0) is 4.79 Å². The molecule has 0 aromatic carbocycles. The Morgan fingerprint density at radius 3 is 2.56 bits per heavy atom. The summed E-state index contributed by atoms with van der Waals surface area (Å²) < 4.78 is 0. The van der Waals surface area contributed by atoms with Crippen LogP contribution in [0.3, 0.4) is 0 Å². The van der Waals surface area contributed by atoms with E-state index in [-0.39, 0.29) is 11.1 Å². The van der Waals surface area contributed by atoms with Gasteiger partial charge in [-0.05, 0) is 18.8 Å². The maximum absolute atomic E-state index is 11.9. The van der Waals surface area contributed by atoms with Crippen LogP contribution < -0.4 is 5.32 Å². The minimum Gasteiger partial charge on any atom is -0.308 e. The van der Waals surface area contributed by atoms with E-state index in [1.807, 2.05) is 0 Å². The molecule has 0 radical (unpaired) electrons. The SMILES string of the molecule is O=C(CC1CCCCCC1)Nc1nccnc1Cl. The van der Waals surface area contributed by atoms with Gasteiger partial charge < -0.3 is 5.32 Å². The zero-order chi connectivity index (χ0) is 12.8. The molecule has 98 valence electrons. The second-order valence-corrected chi connectivity index (χ2v) is 5.16. The number of hydrogen-bond donors (Lipinski definition) is 1. The van der Waals surface area contributed by atoms with Crippen LogP contribution >= 0.6 is 11.6 Å². The van der Waals surface area contributed by atoms with E-state index in [9.17, 15) is 4.79 Å². The minimum atomic E-state index is -0.00991. The molecule has 1 aromatic rings. The smallest absolute Gasteiger partial charge is 0.225 e. The number of anilines is 1. The molecule has 0 spiro atoms. The van der Waals surface area contributed by atoms with E-state index in [1.54, 1.807) is 0 Å². The highest BCUT2D eigenvalue weighted by Gasteiger charge is 2.17. The summed E-state index contributed by atoms with van der Waals surface area (Å²) in [6.07, 6.45) is 11.0. The number of carbonyl (C=O) groups excluding carboxylic acids is 1. The Morgan fingerprint density at radius 1 is 1.22 bits per heavy atom. The Hall–Kier alpha value is -1.16. The van der Waals surface area contributed by atoms with Crippen molar-refractivity contribution in [2.75, 3.05) is 5.32 Å². The summed E-state index contributed by atoms with van der Waals surface area (Å²) in [7, 11) is 0. The van der Waals surface area contributed by atoms with E-state index in [0.29, 0.717) is 18.2 Å². The summed E-state index contributed by atoms with van der Waals surface area (Å²) in [4.78, 5) is 19.8. The Balaban J connectivity index is 1.86. The van der Waals surface area contributed by atoms with Gasteiger partial charge in [0.05, 0.1) is 0 Å². The molecule has 0 aliphatic heterocycles. The van der Waals surface area contributed by atoms with E-state index in [2.05, 4.69) is 15.3 Å². The van der Waals surface area contributed by atoms with Crippen molar-refractivity contribution in [2.45, 2.75) is 44.9 Å². The van der Waals surface area contributed by atoms with Gasteiger partial charge in [0.25, 0.3) is 0 Å². The van der Waals surface area contributed by atoms with Crippen LogP contribution in [0.15, 0.2) is 12.4 Å². The number of nitrogens with zero attached hydrogens (tertiary/aromatic N) is 2. The summed E-state index contributed by atoms with van der Waals surface area (Å²) in [5, 5.41) is 2.98. The molecule has 1 amide bonds. The van der Waals surface area contributed by atoms with Crippen LogP contribution in [0.5, 0.6) is 0 Å². The second-order valence-electron chi connectivity index (χ2n) is 4.81. The Labute approximate surface area is 112 Å². The Morgan fingerprint density at radius 2 is 1.89 bits per heavy atom. The largest absolute Gasteiger partial charge is 0.308 e. The molecule has 0 atom stereocenters. The van der Waals surface area contributed by atoms with Crippen LogP contribution in [0, 0.1) is 5.92 Å². The maximum atomic E-state index is 11.9. The molecule has 1 heterocycles. The summed E-state index contributed by atoms with van der Waals surface area (Å²) in [6.45, 7) is 0. The van der Waals surface area contributed by atoms with Gasteiger partial charge in [0, 0.05) is 18.8 Å². The number of nitrogens with one attached hydrogen (secondary N) is 1. The standard InChI is InChI=1S/C13H18ClN3O/c14-12-13(16-8-7-15-12)17-11(18)9-10-5-3-1-2-4-6-10/h7-8,10H,1-6,9H2,(H,16,17,18). The quantitative estimate of drug-likeness (QED) is 0.854. The molecule has 0 unspecified atom stereocenters. The third-order valence-electron chi connectivity index (χ3n) is 3.36. The molecule has 4 nitrogen and oxygen atoms in total. The number of rotatable bonds is 3. The molecule has 0 saturated heterocycles. The van der Waals surface area contributed by atoms with E-state index < -0.39 is 0 Å². The minimum absolute atomic E-state index is 0.00991. The second kappa shape index (κ2) is 6.69. The maximum Gasteiger partial charge on any atom is 0.225 e. The fourth-order valence-electron chi connectivity index (χ4n) is 2.42. The fraction of sp³-hybridized carbons (Fsp3) is 0.615. The molecule has 5 heteroatoms. The molecular formula is C13H18ClN3O. The number of amides is 1. The first-order chi connectivity index (χ1) is 8.75. The Kier molecular flexibility index (Phi) is 4.93. The third kappa shape index (κ3) is 3.95. The van der Waals surface area contributed by atoms with E-state index in [4.69, 9.17) is 11.6 Å². The van der Waals surface area contributed by atoms with Crippen molar-refractivity contribution < 1.29 is 4.79 Å². The van der Waals surface area contributed by atoms with Gasteiger partial charge in [-0.1, -0.05) is 37.3 Å². The van der Waals surface area contributed by atoms with Gasteiger partial charge in [-0.25, -0.2) is 9.97 Å². The molecule has 1 aliphatic carbocycles. The highest BCUT2D eigenvalue weighted by molar-refractivity contribution is 6.32. The molecule has 0 bridgehead atoms. The third-order valence-corrected chi connectivity index (χ3v) is 3.64. The van der Waals surface area contributed by atoms with Crippen LogP contribution in [0.4, 0.5) is 5.82 Å². The van der Waals surface area contributed by atoms with Gasteiger partial charge in [-0.2, -0.15) is 0 Å². The van der Waals surface area contributed by atoms with Gasteiger partial charge >= 0.3 is 0 Å². The van der Waals surface area contributed by atoms with Crippen molar-refractivity contribution in [3.05, 3.63) is 17.5 Å². The van der Waals surface area contributed by atoms with E-state index in [0.717, 1.165) is 12.8 Å². The van der Waals surface area contributed by atoms with Crippen molar-refractivity contribution in [1.29, 1.82) is 0 Å². The Bertz CT molecular complexity index is 403. The van der Waals surface area contributed by atoms with Crippen molar-refractivity contribution in [2.24, 2.45) is 5.92 Å². The van der Waals surface area contributed by atoms with Crippen molar-refractivity contribution >= 4 is 23.3 Å². The van der Waals surface area contributed by atoms with E-state index in [1.165, 1.54) is 38.1 Å². The predicted molar refractivity (Wildman–Crippen MR) is 71.5 cm³/mol. The van der Waals surface area contributed by atoms with Crippen molar-refractivity contribution in [3.63, 3.8) is 0 Å². The van der Waals surface area contributed by atoms with Crippen LogP contribution in [0.1, 0.15) is 44.9 Å². The first kappa shape index (κ1) is 13.3. The molecule has 1 fully saturated rings. The number of halogens is 1. The average Bonchev–Trinajstić information content (AvgIpc) is 2.61. The predicted octanol–water partition coefficient (Wildman–Crippen LogP) is 3.43. The zero-order valence-corrected chi connectivity index (χ0v) is 11.1. The molecule has 1 saturated carbocycles. The number of carbonyl (C=O) groups is 1. The summed E-state index contributed by atoms with van der Waals surface area (Å²) >= 11 is 5.85. The summed E-state index contributed by atoms with van der Waals surface area (Å²) in [5.74, 6) is 0.852. The molecule has 1 N–H and O–H groups in total. The lowest BCUT2D eigenvalue weighted by molar-refractivity contribution is -0.117. The fourth-order valence-corrected chi connectivity index (χ4v) is 2.57. The average molecular weight is 268 g/mol. The molecule has 1 aromatic heterocycles. The highest BCUT2D eigenvalue weighted by Crippen LogP contribution is 2.26. The van der Waals surface area contributed by atoms with Crippen molar-refractivity contribution in [1.82, 2.24) is 9.97 Å². The molecule has 1 aliphatic rings. The van der Waals surface area contributed by atoms with Crippen LogP contribution in [0.25, 0.3) is 0 Å². The van der Waals surface area contributed by atoms with Crippen LogP contribution in [0.2, 0.25) is 5.15 Å². The van der Waals surface area contributed by atoms with E-state index >= 15 is 0 Å². The summed E-state index contributed by atoms with van der Waals surface area (Å²) in [5.41, 5.74) is 0. The lowest BCUT2D eigenvalue weighted by Crippen LogP contribution is -2.17. The lowest BCUT2D eigenvalue weighted by Gasteiger charge is -2.13.